The van der Waals surface area contributed by atoms with Gasteiger partial charge in [0.15, 0.2) is 0 Å². The van der Waals surface area contributed by atoms with Crippen LogP contribution in [0.4, 0.5) is 4.39 Å². The summed E-state index contributed by atoms with van der Waals surface area (Å²) in [6.07, 6.45) is 1.77. The van der Waals surface area contributed by atoms with Gasteiger partial charge >= 0.3 is 0 Å². The van der Waals surface area contributed by atoms with E-state index in [0.29, 0.717) is 18.7 Å². The van der Waals surface area contributed by atoms with Crippen LogP contribution in [0.25, 0.3) is 10.9 Å². The maximum absolute atomic E-state index is 13.1. The first kappa shape index (κ1) is 17.0. The number of carbonyl (C=O) groups is 1. The van der Waals surface area contributed by atoms with Gasteiger partial charge in [-0.2, -0.15) is 5.10 Å². The molecule has 0 aliphatic carbocycles. The molecule has 4 aromatic rings. The van der Waals surface area contributed by atoms with Crippen LogP contribution >= 0.6 is 0 Å². The quantitative estimate of drug-likeness (QED) is 0.582. The molecule has 1 N–H and O–H groups in total. The third-order valence-corrected chi connectivity index (χ3v) is 4.45. The normalized spacial score (nSPS) is 10.9. The summed E-state index contributed by atoms with van der Waals surface area (Å²) in [7, 11) is 0. The van der Waals surface area contributed by atoms with E-state index in [9.17, 15) is 9.18 Å². The van der Waals surface area contributed by atoms with Gasteiger partial charge in [0.25, 0.3) is 5.91 Å². The zero-order valence-electron chi connectivity index (χ0n) is 14.6. The highest BCUT2D eigenvalue weighted by molar-refractivity contribution is 5.97. The first-order valence-electron chi connectivity index (χ1n) is 8.71. The zero-order valence-corrected chi connectivity index (χ0v) is 14.6. The van der Waals surface area contributed by atoms with E-state index in [4.69, 9.17) is 0 Å². The largest absolute Gasteiger partial charge is 0.348 e. The molecule has 5 heteroatoms. The maximum atomic E-state index is 13.1. The molecule has 1 heterocycles. The summed E-state index contributed by atoms with van der Waals surface area (Å²) < 4.78 is 14.9. The van der Waals surface area contributed by atoms with E-state index in [0.717, 1.165) is 22.0 Å². The SMILES string of the molecule is O=C(NCc1ccccc1)c1ccc2cnn(Cc3ccc(F)cc3)c2c1. The molecule has 0 radical (unpaired) electrons. The van der Waals surface area contributed by atoms with Crippen molar-refractivity contribution in [2.75, 3.05) is 0 Å². The number of hydrogen-bond acceptors (Lipinski definition) is 2. The molecule has 0 aliphatic heterocycles. The summed E-state index contributed by atoms with van der Waals surface area (Å²) in [4.78, 5) is 12.5. The maximum Gasteiger partial charge on any atom is 0.251 e. The highest BCUT2D eigenvalue weighted by Crippen LogP contribution is 2.18. The second kappa shape index (κ2) is 7.41. The van der Waals surface area contributed by atoms with Crippen molar-refractivity contribution in [3.8, 4) is 0 Å². The van der Waals surface area contributed by atoms with E-state index >= 15 is 0 Å². The van der Waals surface area contributed by atoms with E-state index in [1.807, 2.05) is 47.1 Å². The number of carbonyl (C=O) groups excluding carboxylic acids is 1. The summed E-state index contributed by atoms with van der Waals surface area (Å²) in [6, 6.07) is 21.7. The number of aromatic nitrogens is 2. The lowest BCUT2D eigenvalue weighted by molar-refractivity contribution is 0.0951. The highest BCUT2D eigenvalue weighted by Gasteiger charge is 2.10. The van der Waals surface area contributed by atoms with Gasteiger partial charge in [-0.3, -0.25) is 9.48 Å². The van der Waals surface area contributed by atoms with Crippen molar-refractivity contribution in [1.29, 1.82) is 0 Å². The zero-order chi connectivity index (χ0) is 18.6. The molecule has 0 spiro atoms. The Kier molecular flexibility index (Phi) is 4.66. The Morgan fingerprint density at radius 3 is 2.52 bits per heavy atom. The molecule has 0 unspecified atom stereocenters. The van der Waals surface area contributed by atoms with Gasteiger partial charge in [0.05, 0.1) is 18.3 Å². The Labute approximate surface area is 156 Å². The minimum atomic E-state index is -0.263. The van der Waals surface area contributed by atoms with Crippen molar-refractivity contribution in [3.05, 3.63) is 102 Å². The van der Waals surface area contributed by atoms with Gasteiger partial charge in [0, 0.05) is 17.5 Å². The van der Waals surface area contributed by atoms with Crippen LogP contribution in [0.5, 0.6) is 0 Å². The number of nitrogens with one attached hydrogen (secondary N) is 1. The topological polar surface area (TPSA) is 46.9 Å². The Hall–Kier alpha value is -3.47. The number of amides is 1. The summed E-state index contributed by atoms with van der Waals surface area (Å²) in [5.41, 5.74) is 3.44. The lowest BCUT2D eigenvalue weighted by atomic mass is 10.1. The molecule has 1 aromatic heterocycles. The molecule has 3 aromatic carbocycles. The van der Waals surface area contributed by atoms with Crippen LogP contribution in [0.15, 0.2) is 79.0 Å². The van der Waals surface area contributed by atoms with Crippen molar-refractivity contribution >= 4 is 16.8 Å². The predicted octanol–water partition coefficient (Wildman–Crippen LogP) is 4.15. The van der Waals surface area contributed by atoms with E-state index in [2.05, 4.69) is 10.4 Å². The van der Waals surface area contributed by atoms with Crippen LogP contribution in [0.3, 0.4) is 0 Å². The molecule has 4 rings (SSSR count). The Morgan fingerprint density at radius 2 is 1.74 bits per heavy atom. The smallest absolute Gasteiger partial charge is 0.251 e. The van der Waals surface area contributed by atoms with Crippen LogP contribution in [-0.4, -0.2) is 15.7 Å². The van der Waals surface area contributed by atoms with E-state index in [-0.39, 0.29) is 11.7 Å². The van der Waals surface area contributed by atoms with Crippen molar-refractivity contribution < 1.29 is 9.18 Å². The molecule has 0 atom stereocenters. The Morgan fingerprint density at radius 1 is 0.963 bits per heavy atom. The van der Waals surface area contributed by atoms with Gasteiger partial charge in [-0.1, -0.05) is 48.5 Å². The van der Waals surface area contributed by atoms with Crippen molar-refractivity contribution in [1.82, 2.24) is 15.1 Å². The van der Waals surface area contributed by atoms with Crippen molar-refractivity contribution in [2.45, 2.75) is 13.1 Å². The average molecular weight is 359 g/mol. The fourth-order valence-electron chi connectivity index (χ4n) is 2.98. The molecule has 0 aliphatic rings. The van der Waals surface area contributed by atoms with Gasteiger partial charge in [0.2, 0.25) is 0 Å². The number of fused-ring (bicyclic) bond motifs is 1. The van der Waals surface area contributed by atoms with Gasteiger partial charge in [-0.25, -0.2) is 4.39 Å². The summed E-state index contributed by atoms with van der Waals surface area (Å²) in [6.45, 7) is 0.991. The third kappa shape index (κ3) is 3.87. The van der Waals surface area contributed by atoms with Crippen LogP contribution in [0.1, 0.15) is 21.5 Å². The molecule has 0 saturated heterocycles. The van der Waals surface area contributed by atoms with Crippen molar-refractivity contribution in [2.24, 2.45) is 0 Å². The summed E-state index contributed by atoms with van der Waals surface area (Å²) in [5, 5.41) is 8.29. The second-order valence-electron chi connectivity index (χ2n) is 6.37. The van der Waals surface area contributed by atoms with E-state index in [1.54, 1.807) is 24.4 Å². The second-order valence-corrected chi connectivity index (χ2v) is 6.37. The van der Waals surface area contributed by atoms with Crippen LogP contribution < -0.4 is 5.32 Å². The third-order valence-electron chi connectivity index (χ3n) is 4.45. The molecule has 27 heavy (non-hydrogen) atoms. The average Bonchev–Trinajstić information content (AvgIpc) is 3.11. The number of benzene rings is 3. The fraction of sp³-hybridized carbons (Fsp3) is 0.0909. The van der Waals surface area contributed by atoms with Crippen molar-refractivity contribution in [3.63, 3.8) is 0 Å². The molecule has 0 saturated carbocycles. The minimum absolute atomic E-state index is 0.129. The molecule has 0 fully saturated rings. The molecule has 134 valence electrons. The lowest BCUT2D eigenvalue weighted by Gasteiger charge is -2.07. The van der Waals surface area contributed by atoms with Crippen LogP contribution in [0, 0.1) is 5.82 Å². The summed E-state index contributed by atoms with van der Waals surface area (Å²) >= 11 is 0. The minimum Gasteiger partial charge on any atom is -0.348 e. The number of halogens is 1. The van der Waals surface area contributed by atoms with Crippen LogP contribution in [0.2, 0.25) is 0 Å². The van der Waals surface area contributed by atoms with Crippen LogP contribution in [-0.2, 0) is 13.1 Å². The van der Waals surface area contributed by atoms with E-state index < -0.39 is 0 Å². The molecule has 1 amide bonds. The number of rotatable bonds is 5. The number of nitrogens with zero attached hydrogens (tertiary/aromatic N) is 2. The van der Waals surface area contributed by atoms with Gasteiger partial charge in [-0.15, -0.1) is 0 Å². The van der Waals surface area contributed by atoms with E-state index in [1.165, 1.54) is 12.1 Å². The van der Waals surface area contributed by atoms with Gasteiger partial charge < -0.3 is 5.32 Å². The Balaban J connectivity index is 1.54. The van der Waals surface area contributed by atoms with Gasteiger partial charge in [-0.05, 0) is 35.4 Å². The fourth-order valence-corrected chi connectivity index (χ4v) is 2.98. The first-order valence-corrected chi connectivity index (χ1v) is 8.71. The standard InChI is InChI=1S/C22H18FN3O/c23-20-10-6-17(7-11-20)15-26-21-12-18(8-9-19(21)14-25-26)22(27)24-13-16-4-2-1-3-5-16/h1-12,14H,13,15H2,(H,24,27). The molecular formula is C22H18FN3O. The molecule has 0 bridgehead atoms. The number of hydrogen-bond donors (Lipinski definition) is 1. The first-order chi connectivity index (χ1) is 13.2. The lowest BCUT2D eigenvalue weighted by Crippen LogP contribution is -2.22. The molecular weight excluding hydrogens is 341 g/mol. The van der Waals surface area contributed by atoms with Gasteiger partial charge in [0.1, 0.15) is 5.82 Å². The highest BCUT2D eigenvalue weighted by atomic mass is 19.1. The molecule has 4 nitrogen and oxygen atoms in total. The Bertz CT molecular complexity index is 1070. The monoisotopic (exact) mass is 359 g/mol. The summed E-state index contributed by atoms with van der Waals surface area (Å²) in [5.74, 6) is -0.392. The predicted molar refractivity (Wildman–Crippen MR) is 103 cm³/mol.